The Kier molecular flexibility index (Phi) is 3.67. The second-order valence-corrected chi connectivity index (χ2v) is 2.54. The van der Waals surface area contributed by atoms with Crippen LogP contribution in [0.5, 0.6) is 0 Å². The number of nitrogens with zero attached hydrogens (tertiary/aromatic N) is 1. The number of hydrogen-bond acceptors (Lipinski definition) is 4. The number of carbonyl (C=O) groups excluding carboxylic acids is 1. The summed E-state index contributed by atoms with van der Waals surface area (Å²) >= 11 is 0. The second kappa shape index (κ2) is 5.01. The SMILES string of the molecule is CCOC(=O)c1cncc(/C=C/O)c1. The minimum absolute atomic E-state index is 0.332. The fourth-order valence-electron chi connectivity index (χ4n) is 0.961. The first-order valence-electron chi connectivity index (χ1n) is 4.21. The predicted molar refractivity (Wildman–Crippen MR) is 51.9 cm³/mol. The van der Waals surface area contributed by atoms with Crippen LogP contribution >= 0.6 is 0 Å². The molecule has 1 aromatic heterocycles. The summed E-state index contributed by atoms with van der Waals surface area (Å²) in [6, 6.07) is 1.59. The van der Waals surface area contributed by atoms with E-state index in [4.69, 9.17) is 9.84 Å². The molecule has 0 saturated heterocycles. The van der Waals surface area contributed by atoms with Crippen LogP contribution in [0.25, 0.3) is 6.08 Å². The highest BCUT2D eigenvalue weighted by atomic mass is 16.5. The second-order valence-electron chi connectivity index (χ2n) is 2.54. The highest BCUT2D eigenvalue weighted by molar-refractivity contribution is 5.89. The van der Waals surface area contributed by atoms with Gasteiger partial charge in [0.2, 0.25) is 0 Å². The molecule has 14 heavy (non-hydrogen) atoms. The molecule has 1 rings (SSSR count). The third kappa shape index (κ3) is 2.58. The molecule has 0 amide bonds. The molecule has 1 N–H and O–H groups in total. The van der Waals surface area contributed by atoms with Crippen molar-refractivity contribution in [1.82, 2.24) is 4.98 Å². The standard InChI is InChI=1S/C10H11NO3/c1-2-14-10(13)9-5-8(3-4-12)6-11-7-9/h3-7,12H,2H2,1H3/b4-3+. The van der Waals surface area contributed by atoms with Crippen LogP contribution in [0.3, 0.4) is 0 Å². The van der Waals surface area contributed by atoms with Gasteiger partial charge in [0.1, 0.15) is 0 Å². The van der Waals surface area contributed by atoms with Gasteiger partial charge in [-0.05, 0) is 24.6 Å². The summed E-state index contributed by atoms with van der Waals surface area (Å²) in [5.74, 6) is -0.409. The van der Waals surface area contributed by atoms with Crippen molar-refractivity contribution < 1.29 is 14.6 Å². The van der Waals surface area contributed by atoms with Crippen LogP contribution in [0, 0.1) is 0 Å². The smallest absolute Gasteiger partial charge is 0.339 e. The van der Waals surface area contributed by atoms with Crippen molar-refractivity contribution in [2.45, 2.75) is 6.92 Å². The first-order valence-corrected chi connectivity index (χ1v) is 4.21. The number of aliphatic hydroxyl groups excluding tert-OH is 1. The maximum absolute atomic E-state index is 11.3. The largest absolute Gasteiger partial charge is 0.516 e. The fourth-order valence-corrected chi connectivity index (χ4v) is 0.961. The Morgan fingerprint density at radius 2 is 2.43 bits per heavy atom. The first-order chi connectivity index (χ1) is 6.77. The summed E-state index contributed by atoms with van der Waals surface area (Å²) in [6.07, 6.45) is 5.30. The zero-order valence-electron chi connectivity index (χ0n) is 7.80. The Bertz CT molecular complexity index is 347. The van der Waals surface area contributed by atoms with E-state index in [1.54, 1.807) is 13.0 Å². The summed E-state index contributed by atoms with van der Waals surface area (Å²) in [7, 11) is 0. The minimum Gasteiger partial charge on any atom is -0.516 e. The topological polar surface area (TPSA) is 59.4 Å². The lowest BCUT2D eigenvalue weighted by atomic mass is 10.2. The molecule has 74 valence electrons. The number of hydrogen-bond donors (Lipinski definition) is 1. The van der Waals surface area contributed by atoms with Gasteiger partial charge in [0.25, 0.3) is 0 Å². The van der Waals surface area contributed by atoms with Crippen molar-refractivity contribution in [2.75, 3.05) is 6.61 Å². The van der Waals surface area contributed by atoms with Gasteiger partial charge in [0.15, 0.2) is 0 Å². The summed E-state index contributed by atoms with van der Waals surface area (Å²) in [4.78, 5) is 15.1. The number of esters is 1. The van der Waals surface area contributed by atoms with E-state index in [2.05, 4.69) is 4.98 Å². The molecular weight excluding hydrogens is 182 g/mol. The van der Waals surface area contributed by atoms with E-state index in [9.17, 15) is 4.79 Å². The van der Waals surface area contributed by atoms with E-state index < -0.39 is 5.97 Å². The third-order valence-corrected chi connectivity index (χ3v) is 1.54. The van der Waals surface area contributed by atoms with Gasteiger partial charge in [-0.2, -0.15) is 0 Å². The van der Waals surface area contributed by atoms with Crippen molar-refractivity contribution in [1.29, 1.82) is 0 Å². The van der Waals surface area contributed by atoms with Crippen LogP contribution in [0.15, 0.2) is 24.7 Å². The summed E-state index contributed by atoms with van der Waals surface area (Å²) in [5.41, 5.74) is 1.03. The maximum atomic E-state index is 11.3. The number of carbonyl (C=O) groups is 1. The average Bonchev–Trinajstić information content (AvgIpc) is 2.19. The van der Waals surface area contributed by atoms with Crippen LogP contribution in [0.2, 0.25) is 0 Å². The van der Waals surface area contributed by atoms with Gasteiger partial charge < -0.3 is 9.84 Å². The molecular formula is C10H11NO3. The van der Waals surface area contributed by atoms with Gasteiger partial charge >= 0.3 is 5.97 Å². The number of ether oxygens (including phenoxy) is 1. The normalized spacial score (nSPS) is 10.4. The Morgan fingerprint density at radius 3 is 3.07 bits per heavy atom. The molecule has 0 aromatic carbocycles. The van der Waals surface area contributed by atoms with E-state index in [0.717, 1.165) is 6.26 Å². The van der Waals surface area contributed by atoms with Crippen molar-refractivity contribution in [3.63, 3.8) is 0 Å². The van der Waals surface area contributed by atoms with Gasteiger partial charge in [0, 0.05) is 12.4 Å². The lowest BCUT2D eigenvalue weighted by molar-refractivity contribution is 0.0526. The zero-order valence-corrected chi connectivity index (χ0v) is 7.80. The Balaban J connectivity index is 2.87. The molecule has 0 spiro atoms. The summed E-state index contributed by atoms with van der Waals surface area (Å²) in [6.45, 7) is 2.07. The van der Waals surface area contributed by atoms with Gasteiger partial charge in [0.05, 0.1) is 18.4 Å². The lowest BCUT2D eigenvalue weighted by Gasteiger charge is -2.01. The van der Waals surface area contributed by atoms with Crippen molar-refractivity contribution in [3.8, 4) is 0 Å². The van der Waals surface area contributed by atoms with E-state index in [1.165, 1.54) is 18.5 Å². The molecule has 0 bridgehead atoms. The van der Waals surface area contributed by atoms with Crippen molar-refractivity contribution in [3.05, 3.63) is 35.8 Å². The van der Waals surface area contributed by atoms with Crippen LogP contribution in [-0.2, 0) is 4.74 Å². The highest BCUT2D eigenvalue weighted by Crippen LogP contribution is 2.05. The van der Waals surface area contributed by atoms with Gasteiger partial charge in [-0.25, -0.2) is 4.79 Å². The van der Waals surface area contributed by atoms with Gasteiger partial charge in [-0.3, -0.25) is 4.98 Å². The molecule has 0 saturated carbocycles. The van der Waals surface area contributed by atoms with Crippen LogP contribution in [0.1, 0.15) is 22.8 Å². The fraction of sp³-hybridized carbons (Fsp3) is 0.200. The van der Waals surface area contributed by atoms with Crippen molar-refractivity contribution >= 4 is 12.0 Å². The monoisotopic (exact) mass is 193 g/mol. The molecule has 0 aliphatic rings. The Labute approximate surface area is 81.9 Å². The van der Waals surface area contributed by atoms with E-state index >= 15 is 0 Å². The summed E-state index contributed by atoms with van der Waals surface area (Å²) in [5, 5.41) is 8.53. The van der Waals surface area contributed by atoms with Gasteiger partial charge in [-0.15, -0.1) is 0 Å². The van der Waals surface area contributed by atoms with Crippen LogP contribution in [0.4, 0.5) is 0 Å². The molecule has 4 heteroatoms. The van der Waals surface area contributed by atoms with E-state index in [-0.39, 0.29) is 0 Å². The average molecular weight is 193 g/mol. The van der Waals surface area contributed by atoms with Gasteiger partial charge in [-0.1, -0.05) is 0 Å². The third-order valence-electron chi connectivity index (χ3n) is 1.54. The number of rotatable bonds is 3. The lowest BCUT2D eigenvalue weighted by Crippen LogP contribution is -2.05. The summed E-state index contributed by atoms with van der Waals surface area (Å²) < 4.78 is 4.80. The van der Waals surface area contributed by atoms with E-state index in [1.807, 2.05) is 0 Å². The molecule has 1 heterocycles. The quantitative estimate of drug-likeness (QED) is 0.587. The maximum Gasteiger partial charge on any atom is 0.339 e. The molecule has 4 nitrogen and oxygen atoms in total. The molecule has 0 aliphatic carbocycles. The number of pyridine rings is 1. The van der Waals surface area contributed by atoms with Crippen LogP contribution < -0.4 is 0 Å². The molecule has 0 unspecified atom stereocenters. The molecule has 0 radical (unpaired) electrons. The highest BCUT2D eigenvalue weighted by Gasteiger charge is 2.06. The van der Waals surface area contributed by atoms with Crippen LogP contribution in [-0.4, -0.2) is 22.7 Å². The Hall–Kier alpha value is -1.84. The zero-order chi connectivity index (χ0) is 10.4. The first kappa shape index (κ1) is 10.2. The minimum atomic E-state index is -0.409. The molecule has 0 atom stereocenters. The van der Waals surface area contributed by atoms with E-state index in [0.29, 0.717) is 17.7 Å². The number of aromatic nitrogens is 1. The Morgan fingerprint density at radius 1 is 1.64 bits per heavy atom. The molecule has 0 aliphatic heterocycles. The predicted octanol–water partition coefficient (Wildman–Crippen LogP) is 1.79. The number of aliphatic hydroxyl groups is 1. The molecule has 0 fully saturated rings. The van der Waals surface area contributed by atoms with Crippen molar-refractivity contribution in [2.24, 2.45) is 0 Å². The molecule has 1 aromatic rings.